The van der Waals surface area contributed by atoms with Crippen LogP contribution in [0.4, 0.5) is 0 Å². The van der Waals surface area contributed by atoms with E-state index in [4.69, 9.17) is 14.2 Å². The van der Waals surface area contributed by atoms with Gasteiger partial charge in [-0.1, -0.05) is 12.1 Å². The number of nitrogens with zero attached hydrogens (tertiary/aromatic N) is 1. The van der Waals surface area contributed by atoms with E-state index in [0.717, 1.165) is 17.9 Å². The summed E-state index contributed by atoms with van der Waals surface area (Å²) in [5.74, 6) is 2.69. The third-order valence-corrected chi connectivity index (χ3v) is 3.11. The van der Waals surface area contributed by atoms with E-state index in [2.05, 4.69) is 22.2 Å². The first-order chi connectivity index (χ1) is 10.7. The summed E-state index contributed by atoms with van der Waals surface area (Å²) in [5.41, 5.74) is 1.03. The van der Waals surface area contributed by atoms with Crippen molar-refractivity contribution in [2.24, 2.45) is 4.99 Å². The molecule has 0 heterocycles. The first-order valence-corrected chi connectivity index (χ1v) is 7.05. The molecule has 0 aliphatic rings. The summed E-state index contributed by atoms with van der Waals surface area (Å²) in [6.07, 6.45) is 2.54. The number of nitrogens with one attached hydrogen (secondary N) is 2. The van der Waals surface area contributed by atoms with E-state index in [9.17, 15) is 0 Å². The molecule has 0 spiro atoms. The van der Waals surface area contributed by atoms with Crippen LogP contribution in [0.5, 0.6) is 17.2 Å². The first kappa shape index (κ1) is 21.4. The highest BCUT2D eigenvalue weighted by Gasteiger charge is 2.15. The summed E-state index contributed by atoms with van der Waals surface area (Å²) >= 11 is 0. The van der Waals surface area contributed by atoms with Gasteiger partial charge < -0.3 is 24.8 Å². The largest absolute Gasteiger partial charge is 0.493 e. The van der Waals surface area contributed by atoms with Crippen LogP contribution in [0.1, 0.15) is 5.56 Å². The number of ether oxygens (including phenoxy) is 3. The summed E-state index contributed by atoms with van der Waals surface area (Å²) in [5, 5.41) is 6.35. The smallest absolute Gasteiger partial charge is 0.203 e. The van der Waals surface area contributed by atoms with Crippen molar-refractivity contribution in [2.75, 3.05) is 41.5 Å². The average molecular weight is 435 g/mol. The maximum Gasteiger partial charge on any atom is 0.203 e. The van der Waals surface area contributed by atoms with Crippen molar-refractivity contribution in [1.29, 1.82) is 0 Å². The highest BCUT2D eigenvalue weighted by molar-refractivity contribution is 14.0. The maximum absolute atomic E-state index is 5.47. The second-order valence-corrected chi connectivity index (χ2v) is 4.41. The van der Waals surface area contributed by atoms with E-state index in [0.29, 0.717) is 30.3 Å². The van der Waals surface area contributed by atoms with Crippen molar-refractivity contribution < 1.29 is 14.2 Å². The van der Waals surface area contributed by atoms with E-state index < -0.39 is 0 Å². The molecule has 1 aromatic carbocycles. The summed E-state index contributed by atoms with van der Waals surface area (Å²) in [6, 6.07) is 3.85. The van der Waals surface area contributed by atoms with Crippen molar-refractivity contribution in [3.63, 3.8) is 0 Å². The zero-order valence-corrected chi connectivity index (χ0v) is 16.5. The molecule has 0 radical (unpaired) electrons. The lowest BCUT2D eigenvalue weighted by Gasteiger charge is -2.16. The van der Waals surface area contributed by atoms with Crippen molar-refractivity contribution in [3.8, 4) is 17.2 Å². The molecule has 2 N–H and O–H groups in total. The summed E-state index contributed by atoms with van der Waals surface area (Å²) < 4.78 is 16.1. The Labute approximate surface area is 155 Å². The fourth-order valence-corrected chi connectivity index (χ4v) is 2.07. The number of methoxy groups -OCH3 is 3. The molecule has 0 atom stereocenters. The van der Waals surface area contributed by atoms with Gasteiger partial charge in [0.15, 0.2) is 17.5 Å². The molecule has 0 aliphatic carbocycles. The second kappa shape index (κ2) is 11.9. The fraction of sp³-hybridized carbons (Fsp3) is 0.438. The second-order valence-electron chi connectivity index (χ2n) is 4.41. The number of rotatable bonds is 8. The molecule has 0 saturated carbocycles. The first-order valence-electron chi connectivity index (χ1n) is 7.05. The molecular formula is C16H26IN3O3. The Morgan fingerprint density at radius 3 is 2.35 bits per heavy atom. The van der Waals surface area contributed by atoms with Gasteiger partial charge in [-0.3, -0.25) is 4.99 Å². The van der Waals surface area contributed by atoms with Gasteiger partial charge in [0.25, 0.3) is 0 Å². The summed E-state index contributed by atoms with van der Waals surface area (Å²) in [6.45, 7) is 5.04. The van der Waals surface area contributed by atoms with Crippen molar-refractivity contribution in [1.82, 2.24) is 10.6 Å². The van der Waals surface area contributed by atoms with Crippen LogP contribution in [-0.2, 0) is 6.42 Å². The molecule has 0 aromatic heterocycles. The van der Waals surface area contributed by atoms with E-state index in [1.54, 1.807) is 34.5 Å². The topological polar surface area (TPSA) is 64.1 Å². The standard InChI is InChI=1S/C16H25N3O3.HI/c1-6-10-18-16(17-2)19-11-9-12-7-8-13(20-3)15(22-5)14(12)21-4;/h6-8H,1,9-11H2,2-5H3,(H2,17,18,19);1H. The molecule has 6 nitrogen and oxygen atoms in total. The molecule has 0 aliphatic heterocycles. The summed E-state index contributed by atoms with van der Waals surface area (Å²) in [4.78, 5) is 4.13. The molecule has 0 bridgehead atoms. The minimum atomic E-state index is 0. The van der Waals surface area contributed by atoms with Crippen LogP contribution < -0.4 is 24.8 Å². The lowest BCUT2D eigenvalue weighted by Crippen LogP contribution is -2.38. The number of benzene rings is 1. The molecule has 0 saturated heterocycles. The lowest BCUT2D eigenvalue weighted by molar-refractivity contribution is 0.322. The van der Waals surface area contributed by atoms with Crippen LogP contribution >= 0.6 is 24.0 Å². The minimum absolute atomic E-state index is 0. The van der Waals surface area contributed by atoms with Crippen LogP contribution in [0.3, 0.4) is 0 Å². The highest BCUT2D eigenvalue weighted by atomic mass is 127. The zero-order chi connectivity index (χ0) is 16.4. The van der Waals surface area contributed by atoms with Crippen LogP contribution in [0.2, 0.25) is 0 Å². The van der Waals surface area contributed by atoms with E-state index >= 15 is 0 Å². The van der Waals surface area contributed by atoms with Crippen LogP contribution in [0.15, 0.2) is 29.8 Å². The quantitative estimate of drug-likeness (QED) is 0.284. The van der Waals surface area contributed by atoms with E-state index in [1.165, 1.54) is 0 Å². The van der Waals surface area contributed by atoms with Crippen LogP contribution in [0.25, 0.3) is 0 Å². The van der Waals surface area contributed by atoms with Crippen LogP contribution in [-0.4, -0.2) is 47.4 Å². The normalized spacial score (nSPS) is 10.3. The van der Waals surface area contributed by atoms with Gasteiger partial charge in [-0.2, -0.15) is 0 Å². The van der Waals surface area contributed by atoms with Gasteiger partial charge in [0.2, 0.25) is 5.75 Å². The maximum atomic E-state index is 5.47. The van der Waals surface area contributed by atoms with Gasteiger partial charge in [0, 0.05) is 25.7 Å². The Bertz CT molecular complexity index is 522. The zero-order valence-electron chi connectivity index (χ0n) is 14.1. The Hall–Kier alpha value is -1.64. The number of guanidine groups is 1. The molecule has 0 fully saturated rings. The predicted octanol–water partition coefficient (Wildman–Crippen LogP) is 2.22. The van der Waals surface area contributed by atoms with Crippen molar-refractivity contribution in [2.45, 2.75) is 6.42 Å². The number of hydrogen-bond acceptors (Lipinski definition) is 4. The molecule has 0 amide bonds. The SMILES string of the molecule is C=CCNC(=NC)NCCc1ccc(OC)c(OC)c1OC.I. The average Bonchev–Trinajstić information content (AvgIpc) is 2.56. The van der Waals surface area contributed by atoms with Gasteiger partial charge >= 0.3 is 0 Å². The van der Waals surface area contributed by atoms with Gasteiger partial charge in [0.1, 0.15) is 0 Å². The van der Waals surface area contributed by atoms with E-state index in [-0.39, 0.29) is 24.0 Å². The van der Waals surface area contributed by atoms with Gasteiger partial charge in [-0.25, -0.2) is 0 Å². The van der Waals surface area contributed by atoms with E-state index in [1.807, 2.05) is 12.1 Å². The Balaban J connectivity index is 0.00000484. The molecular weight excluding hydrogens is 409 g/mol. The molecule has 130 valence electrons. The minimum Gasteiger partial charge on any atom is -0.493 e. The lowest BCUT2D eigenvalue weighted by atomic mass is 10.1. The van der Waals surface area contributed by atoms with Crippen molar-refractivity contribution >= 4 is 29.9 Å². The number of halogens is 1. The van der Waals surface area contributed by atoms with Gasteiger partial charge in [-0.15, -0.1) is 30.6 Å². The third-order valence-electron chi connectivity index (χ3n) is 3.11. The predicted molar refractivity (Wildman–Crippen MR) is 105 cm³/mol. The monoisotopic (exact) mass is 435 g/mol. The molecule has 1 rings (SSSR count). The molecule has 23 heavy (non-hydrogen) atoms. The Kier molecular flexibility index (Phi) is 11.0. The fourth-order valence-electron chi connectivity index (χ4n) is 2.07. The number of hydrogen-bond donors (Lipinski definition) is 2. The van der Waals surface area contributed by atoms with Crippen LogP contribution in [0, 0.1) is 0 Å². The summed E-state index contributed by atoms with van der Waals surface area (Å²) in [7, 11) is 6.56. The number of aliphatic imine (C=N–C) groups is 1. The molecule has 0 unspecified atom stereocenters. The highest BCUT2D eigenvalue weighted by Crippen LogP contribution is 2.39. The Morgan fingerprint density at radius 2 is 1.83 bits per heavy atom. The Morgan fingerprint density at radius 1 is 1.13 bits per heavy atom. The third kappa shape index (κ3) is 6.17. The van der Waals surface area contributed by atoms with Crippen molar-refractivity contribution in [3.05, 3.63) is 30.4 Å². The molecule has 7 heteroatoms. The van der Waals surface area contributed by atoms with Gasteiger partial charge in [-0.05, 0) is 12.5 Å². The molecule has 1 aromatic rings. The van der Waals surface area contributed by atoms with Gasteiger partial charge in [0.05, 0.1) is 21.3 Å².